The monoisotopic (exact) mass is 981 g/mol. The van der Waals surface area contributed by atoms with Gasteiger partial charge in [0.2, 0.25) is 0 Å². The molecular weight excluding hydrogens is 853 g/mol. The first-order chi connectivity index (χ1) is 34.1. The summed E-state index contributed by atoms with van der Waals surface area (Å²) in [6.45, 7) is 20.2. The molecule has 0 aromatic heterocycles. The fourth-order valence-corrected chi connectivity index (χ4v) is 12.4. The predicted molar refractivity (Wildman–Crippen MR) is 312 cm³/mol. The maximum atomic E-state index is 12.7. The zero-order valence-corrected chi connectivity index (χ0v) is 49.1. The van der Waals surface area contributed by atoms with Gasteiger partial charge in [0.1, 0.15) is 0 Å². The van der Waals surface area contributed by atoms with Crippen LogP contribution >= 0.6 is 0 Å². The molecule has 1 aromatic carbocycles. The molecule has 1 rings (SSSR count). The molecule has 3 heteroatoms. The smallest absolute Gasteiger partial charge is 0.0716 e. The highest BCUT2D eigenvalue weighted by Gasteiger charge is 2.29. The van der Waals surface area contributed by atoms with Crippen LogP contribution in [0.25, 0.3) is 0 Å². The van der Waals surface area contributed by atoms with Crippen molar-refractivity contribution in [1.29, 1.82) is 0 Å². The van der Waals surface area contributed by atoms with E-state index in [1.165, 1.54) is 230 Å². The fraction of sp³-hybridized carbons (Fsp3) is 0.910. The largest absolute Gasteiger partial charge is 0.390 e. The lowest BCUT2D eigenvalue weighted by Gasteiger charge is -2.32. The summed E-state index contributed by atoms with van der Waals surface area (Å²) in [5.41, 5.74) is 0.176. The molecule has 2 N–H and O–H groups in total. The second-order valence-corrected chi connectivity index (χ2v) is 24.0. The van der Waals surface area contributed by atoms with E-state index in [0.29, 0.717) is 12.5 Å². The summed E-state index contributed by atoms with van der Waals surface area (Å²) in [4.78, 5) is 0. The molecule has 70 heavy (non-hydrogen) atoms. The minimum atomic E-state index is -0.540. The van der Waals surface area contributed by atoms with Crippen molar-refractivity contribution in [3.63, 3.8) is 0 Å². The number of rotatable bonds is 54. The standard InChI is InChI=1S/C67H128O3/c1-9-17-35-60(36-18-10-2)45-28-52-66(68,53-29-46-61(37-19-11-3)38-20-12-4)56-32-49-64(51-34-58-70-59-65-43-26-25-27-44-65)50-33-57-67(69,54-30-47-62(39-21-13-5)40-22-14-6)55-31-48-63(41-23-15-7)42-24-16-8/h25-27,43-44,60-64,68-69H,9-24,28-42,45-59H2,1-8H3. The molecule has 0 aliphatic rings. The highest BCUT2D eigenvalue weighted by molar-refractivity contribution is 5.13. The number of hydrogen-bond donors (Lipinski definition) is 2. The van der Waals surface area contributed by atoms with Crippen LogP contribution in [0.1, 0.15) is 343 Å². The Labute approximate surface area is 440 Å². The third-order valence-electron chi connectivity index (χ3n) is 17.3. The Morgan fingerprint density at radius 1 is 0.314 bits per heavy atom. The fourth-order valence-electron chi connectivity index (χ4n) is 12.4. The lowest BCUT2D eigenvalue weighted by Crippen LogP contribution is -2.30. The van der Waals surface area contributed by atoms with Crippen molar-refractivity contribution in [1.82, 2.24) is 0 Å². The van der Waals surface area contributed by atoms with Gasteiger partial charge in [-0.3, -0.25) is 0 Å². The number of aliphatic hydroxyl groups is 2. The van der Waals surface area contributed by atoms with Crippen molar-refractivity contribution >= 4 is 0 Å². The first-order valence-corrected chi connectivity index (χ1v) is 32.2. The van der Waals surface area contributed by atoms with Gasteiger partial charge >= 0.3 is 0 Å². The van der Waals surface area contributed by atoms with Crippen molar-refractivity contribution in [3.05, 3.63) is 35.9 Å². The van der Waals surface area contributed by atoms with Crippen molar-refractivity contribution < 1.29 is 14.9 Å². The topological polar surface area (TPSA) is 49.7 Å². The van der Waals surface area contributed by atoms with Gasteiger partial charge in [-0.25, -0.2) is 0 Å². The number of hydrogen-bond acceptors (Lipinski definition) is 3. The summed E-state index contributed by atoms with van der Waals surface area (Å²) in [5, 5.41) is 25.3. The third-order valence-corrected chi connectivity index (χ3v) is 17.3. The molecule has 0 amide bonds. The zero-order chi connectivity index (χ0) is 51.2. The summed E-state index contributed by atoms with van der Waals surface area (Å²) < 4.78 is 6.26. The quantitative estimate of drug-likeness (QED) is 0.0640. The number of benzene rings is 1. The van der Waals surface area contributed by atoms with Gasteiger partial charge in [-0.15, -0.1) is 0 Å². The minimum absolute atomic E-state index is 0.540. The molecule has 414 valence electrons. The molecule has 0 saturated heterocycles. The van der Waals surface area contributed by atoms with Crippen molar-refractivity contribution in [2.24, 2.45) is 29.6 Å². The van der Waals surface area contributed by atoms with E-state index in [4.69, 9.17) is 4.74 Å². The molecule has 0 heterocycles. The average molecular weight is 982 g/mol. The highest BCUT2D eigenvalue weighted by Crippen LogP contribution is 2.36. The van der Waals surface area contributed by atoms with Gasteiger partial charge in [-0.05, 0) is 86.5 Å². The van der Waals surface area contributed by atoms with Crippen LogP contribution in [0.4, 0.5) is 0 Å². The zero-order valence-electron chi connectivity index (χ0n) is 49.1. The Morgan fingerprint density at radius 2 is 0.529 bits per heavy atom. The number of ether oxygens (including phenoxy) is 1. The van der Waals surface area contributed by atoms with Crippen molar-refractivity contribution in [2.75, 3.05) is 6.61 Å². The van der Waals surface area contributed by atoms with Crippen LogP contribution in [0, 0.1) is 29.6 Å². The van der Waals surface area contributed by atoms with Gasteiger partial charge in [-0.1, -0.05) is 317 Å². The second-order valence-electron chi connectivity index (χ2n) is 24.0. The molecule has 0 fully saturated rings. The predicted octanol–water partition coefficient (Wildman–Crippen LogP) is 22.1. The summed E-state index contributed by atoms with van der Waals surface area (Å²) in [7, 11) is 0. The molecule has 0 bridgehead atoms. The van der Waals surface area contributed by atoms with Crippen LogP contribution < -0.4 is 0 Å². The molecule has 0 aliphatic heterocycles. The first-order valence-electron chi connectivity index (χ1n) is 32.2. The van der Waals surface area contributed by atoms with Crippen LogP contribution in [-0.4, -0.2) is 28.0 Å². The van der Waals surface area contributed by atoms with Gasteiger partial charge in [0.25, 0.3) is 0 Å². The summed E-state index contributed by atoms with van der Waals surface area (Å²) in [5.74, 6) is 3.94. The summed E-state index contributed by atoms with van der Waals surface area (Å²) in [6.07, 6.45) is 54.7. The Balaban J connectivity index is 3.23. The Morgan fingerprint density at radius 3 is 0.757 bits per heavy atom. The first kappa shape index (κ1) is 67.1. The maximum absolute atomic E-state index is 12.7. The van der Waals surface area contributed by atoms with Crippen molar-refractivity contribution in [2.45, 2.75) is 356 Å². The van der Waals surface area contributed by atoms with Gasteiger partial charge in [0.15, 0.2) is 0 Å². The lowest BCUT2D eigenvalue weighted by atomic mass is 9.79. The average Bonchev–Trinajstić information content (AvgIpc) is 3.36. The Hall–Kier alpha value is -0.900. The van der Waals surface area contributed by atoms with E-state index in [1.807, 2.05) is 0 Å². The number of unbranched alkanes of at least 4 members (excludes halogenated alkanes) is 8. The Bertz CT molecular complexity index is 1050. The lowest BCUT2D eigenvalue weighted by molar-refractivity contribution is 0.00170. The van der Waals surface area contributed by atoms with E-state index in [2.05, 4.69) is 85.7 Å². The van der Waals surface area contributed by atoms with Crippen LogP contribution in [0.2, 0.25) is 0 Å². The van der Waals surface area contributed by atoms with Crippen LogP contribution in [0.15, 0.2) is 30.3 Å². The molecule has 0 unspecified atom stereocenters. The van der Waals surface area contributed by atoms with Gasteiger partial charge < -0.3 is 14.9 Å². The molecule has 1 aromatic rings. The normalized spacial score (nSPS) is 12.6. The third kappa shape index (κ3) is 36.9. The maximum Gasteiger partial charge on any atom is 0.0716 e. The molecule has 0 atom stereocenters. The van der Waals surface area contributed by atoms with E-state index >= 15 is 0 Å². The van der Waals surface area contributed by atoms with Crippen molar-refractivity contribution in [3.8, 4) is 0 Å². The second kappa shape index (κ2) is 46.6. The van der Waals surface area contributed by atoms with E-state index < -0.39 is 11.2 Å². The molecular formula is C67H128O3. The molecule has 0 radical (unpaired) electrons. The SMILES string of the molecule is CCCCC(CCCC)CCCC(O)(CCCC(CCCC)CCCC)CCCC(CCCOCc1ccccc1)CCCC(O)(CCCC(CCCC)CCCC)CCCC(CCCC)CCCC. The van der Waals surface area contributed by atoms with Crippen LogP contribution in [0.5, 0.6) is 0 Å². The molecule has 3 nitrogen and oxygen atoms in total. The van der Waals surface area contributed by atoms with Gasteiger partial charge in [0, 0.05) is 6.61 Å². The minimum Gasteiger partial charge on any atom is -0.390 e. The van der Waals surface area contributed by atoms with E-state index in [0.717, 1.165) is 88.1 Å². The Kier molecular flexibility index (Phi) is 44.7. The van der Waals surface area contributed by atoms with Gasteiger partial charge in [0.05, 0.1) is 17.8 Å². The van der Waals surface area contributed by atoms with Crippen LogP contribution in [0.3, 0.4) is 0 Å². The molecule has 0 spiro atoms. The van der Waals surface area contributed by atoms with Crippen LogP contribution in [-0.2, 0) is 11.3 Å². The van der Waals surface area contributed by atoms with E-state index in [-0.39, 0.29) is 0 Å². The summed E-state index contributed by atoms with van der Waals surface area (Å²) in [6, 6.07) is 10.7. The van der Waals surface area contributed by atoms with Gasteiger partial charge in [-0.2, -0.15) is 0 Å². The molecule has 0 saturated carbocycles. The molecule has 0 aliphatic carbocycles. The highest BCUT2D eigenvalue weighted by atomic mass is 16.5. The van der Waals surface area contributed by atoms with E-state index in [1.54, 1.807) is 0 Å². The summed E-state index contributed by atoms with van der Waals surface area (Å²) >= 11 is 0. The van der Waals surface area contributed by atoms with E-state index in [9.17, 15) is 10.2 Å².